The number of fused-ring (bicyclic) bond motifs is 1. The van der Waals surface area contributed by atoms with Crippen LogP contribution in [0, 0.1) is 5.92 Å². The predicted molar refractivity (Wildman–Crippen MR) is 125 cm³/mol. The fourth-order valence-electron chi connectivity index (χ4n) is 5.33. The quantitative estimate of drug-likeness (QED) is 0.758. The van der Waals surface area contributed by atoms with Gasteiger partial charge in [0.2, 0.25) is 5.91 Å². The number of nitrogens with one attached hydrogen (secondary N) is 2. The van der Waals surface area contributed by atoms with Gasteiger partial charge in [-0.15, -0.1) is 12.4 Å². The van der Waals surface area contributed by atoms with E-state index in [0.717, 1.165) is 42.9 Å². The molecule has 1 aromatic carbocycles. The van der Waals surface area contributed by atoms with Gasteiger partial charge in [0, 0.05) is 50.2 Å². The van der Waals surface area contributed by atoms with E-state index in [2.05, 4.69) is 38.4 Å². The van der Waals surface area contributed by atoms with Gasteiger partial charge in [0.25, 0.3) is 0 Å². The van der Waals surface area contributed by atoms with E-state index in [0.29, 0.717) is 19.0 Å². The maximum absolute atomic E-state index is 12.3. The van der Waals surface area contributed by atoms with E-state index in [1.165, 1.54) is 38.0 Å². The van der Waals surface area contributed by atoms with E-state index < -0.39 is 0 Å². The molecule has 0 bridgehead atoms. The Morgan fingerprint density at radius 3 is 2.48 bits per heavy atom. The molecule has 0 spiro atoms. The molecule has 31 heavy (non-hydrogen) atoms. The molecule has 3 fully saturated rings. The van der Waals surface area contributed by atoms with E-state index in [9.17, 15) is 9.59 Å². The monoisotopic (exact) mass is 445 g/mol. The molecule has 168 valence electrons. The molecule has 3 saturated heterocycles. The van der Waals surface area contributed by atoms with Crippen molar-refractivity contribution < 1.29 is 9.59 Å². The lowest BCUT2D eigenvalue weighted by Gasteiger charge is -2.36. The minimum absolute atomic E-state index is 0. The van der Waals surface area contributed by atoms with Crippen LogP contribution in [-0.2, 0) is 4.79 Å². The highest BCUT2D eigenvalue weighted by Crippen LogP contribution is 2.33. The fraction of sp³-hybridized carbons (Fsp3) is 0.565. The highest BCUT2D eigenvalue weighted by molar-refractivity contribution is 6.09. The number of piperidine rings is 2. The summed E-state index contributed by atoms with van der Waals surface area (Å²) in [5.41, 5.74) is 2.06. The van der Waals surface area contributed by atoms with E-state index in [4.69, 9.17) is 0 Å². The zero-order valence-corrected chi connectivity index (χ0v) is 18.7. The number of amides is 3. The number of aromatic nitrogens is 1. The molecule has 0 aliphatic carbocycles. The van der Waals surface area contributed by atoms with Crippen molar-refractivity contribution in [2.24, 2.45) is 5.92 Å². The lowest BCUT2D eigenvalue weighted by atomic mass is 9.96. The Kier molecular flexibility index (Phi) is 6.84. The van der Waals surface area contributed by atoms with Crippen molar-refractivity contribution in [1.82, 2.24) is 20.1 Å². The second-order valence-corrected chi connectivity index (χ2v) is 8.91. The molecule has 0 unspecified atom stereocenters. The summed E-state index contributed by atoms with van der Waals surface area (Å²) in [6, 6.07) is 8.44. The van der Waals surface area contributed by atoms with E-state index in [1.54, 1.807) is 4.90 Å². The summed E-state index contributed by atoms with van der Waals surface area (Å²) in [7, 11) is 0. The fourth-order valence-corrected chi connectivity index (χ4v) is 5.33. The Morgan fingerprint density at radius 2 is 1.74 bits per heavy atom. The first-order valence-electron chi connectivity index (χ1n) is 11.3. The molecular weight excluding hydrogens is 414 g/mol. The van der Waals surface area contributed by atoms with Crippen LogP contribution in [0.25, 0.3) is 10.9 Å². The topological polar surface area (TPSA) is 69.6 Å². The van der Waals surface area contributed by atoms with Gasteiger partial charge in [-0.2, -0.15) is 0 Å². The molecular formula is C23H32ClN5O2. The van der Waals surface area contributed by atoms with Gasteiger partial charge in [-0.1, -0.05) is 6.07 Å². The number of halogens is 1. The molecule has 3 aliphatic rings. The number of imide groups is 1. The molecule has 0 atom stereocenters. The molecule has 0 radical (unpaired) electrons. The molecule has 3 aliphatic heterocycles. The largest absolute Gasteiger partial charge is 0.344 e. The minimum atomic E-state index is -0.322. The average molecular weight is 446 g/mol. The van der Waals surface area contributed by atoms with Gasteiger partial charge in [-0.05, 0) is 62.9 Å². The first-order valence-corrected chi connectivity index (χ1v) is 11.3. The molecule has 3 amide bonds. The Balaban J connectivity index is 0.00000231. The van der Waals surface area contributed by atoms with Crippen LogP contribution < -0.4 is 15.5 Å². The maximum atomic E-state index is 12.3. The van der Waals surface area contributed by atoms with Crippen molar-refractivity contribution in [3.05, 3.63) is 30.5 Å². The third-order valence-corrected chi connectivity index (χ3v) is 7.01. The van der Waals surface area contributed by atoms with Crippen molar-refractivity contribution in [1.29, 1.82) is 0 Å². The maximum Gasteiger partial charge on any atom is 0.328 e. The first kappa shape index (κ1) is 22.1. The lowest BCUT2D eigenvalue weighted by molar-refractivity contribution is -0.120. The summed E-state index contributed by atoms with van der Waals surface area (Å²) in [5.74, 6) is 0.651. The van der Waals surface area contributed by atoms with Gasteiger partial charge < -0.3 is 14.8 Å². The number of hydrogen-bond acceptors (Lipinski definition) is 4. The summed E-state index contributed by atoms with van der Waals surface area (Å²) in [6.07, 6.45) is 7.46. The number of nitrogens with zero attached hydrogens (tertiary/aromatic N) is 3. The minimum Gasteiger partial charge on any atom is -0.344 e. The Labute approximate surface area is 189 Å². The van der Waals surface area contributed by atoms with E-state index >= 15 is 0 Å². The van der Waals surface area contributed by atoms with Crippen molar-refractivity contribution >= 4 is 40.9 Å². The van der Waals surface area contributed by atoms with Crippen molar-refractivity contribution in [2.75, 3.05) is 44.2 Å². The van der Waals surface area contributed by atoms with Gasteiger partial charge in [0.15, 0.2) is 0 Å². The third-order valence-electron chi connectivity index (χ3n) is 7.01. The summed E-state index contributed by atoms with van der Waals surface area (Å²) in [4.78, 5) is 28.2. The Hall–Kier alpha value is -2.09. The predicted octanol–water partition coefficient (Wildman–Crippen LogP) is 3.15. The summed E-state index contributed by atoms with van der Waals surface area (Å²) in [5, 5.41) is 6.98. The normalized spacial score (nSPS) is 21.9. The summed E-state index contributed by atoms with van der Waals surface area (Å²) in [6.45, 7) is 6.33. The van der Waals surface area contributed by atoms with Crippen molar-refractivity contribution in [3.63, 3.8) is 0 Å². The lowest BCUT2D eigenvalue weighted by Crippen LogP contribution is -2.49. The van der Waals surface area contributed by atoms with Crippen LogP contribution >= 0.6 is 12.4 Å². The number of carbonyl (C=O) groups excluding carboxylic acids is 2. The first-order chi connectivity index (χ1) is 14.7. The average Bonchev–Trinajstić information content (AvgIpc) is 3.20. The second kappa shape index (κ2) is 9.59. The zero-order chi connectivity index (χ0) is 20.5. The number of benzene rings is 1. The number of carbonyl (C=O) groups is 2. The summed E-state index contributed by atoms with van der Waals surface area (Å²) < 4.78 is 2.40. The Bertz CT molecular complexity index is 931. The van der Waals surface area contributed by atoms with E-state index in [-0.39, 0.29) is 24.3 Å². The number of likely N-dealkylation sites (tertiary alicyclic amines) is 1. The number of urea groups is 1. The molecule has 2 N–H and O–H groups in total. The SMILES string of the molecule is Cl.O=C1CCN(c2cccc3c2ccn3C2CCN(CC3CCNCC3)CC2)C(=O)N1. The van der Waals surface area contributed by atoms with Gasteiger partial charge in [-0.25, -0.2) is 4.79 Å². The van der Waals surface area contributed by atoms with Crippen LogP contribution in [0.5, 0.6) is 0 Å². The number of hydrogen-bond donors (Lipinski definition) is 2. The standard InChI is InChI=1S/C23H31N5O2.ClH/c29-22-9-15-28(23(30)25-22)21-3-1-2-20-19(21)8-14-27(20)18-6-12-26(13-7-18)16-17-4-10-24-11-5-17;/h1-3,8,14,17-18,24H,4-7,9-13,15-16H2,(H,25,29,30);1H. The molecule has 2 aromatic rings. The van der Waals surface area contributed by atoms with Crippen LogP contribution in [0.15, 0.2) is 30.5 Å². The van der Waals surface area contributed by atoms with Gasteiger partial charge in [0.05, 0.1) is 11.2 Å². The van der Waals surface area contributed by atoms with Crippen molar-refractivity contribution in [3.8, 4) is 0 Å². The molecule has 0 saturated carbocycles. The van der Waals surface area contributed by atoms with Crippen LogP contribution in [0.2, 0.25) is 0 Å². The van der Waals surface area contributed by atoms with Gasteiger partial charge in [-0.3, -0.25) is 15.0 Å². The highest BCUT2D eigenvalue weighted by atomic mass is 35.5. The molecule has 7 nitrogen and oxygen atoms in total. The van der Waals surface area contributed by atoms with Gasteiger partial charge >= 0.3 is 6.03 Å². The number of rotatable bonds is 4. The molecule has 4 heterocycles. The molecule has 1 aromatic heterocycles. The van der Waals surface area contributed by atoms with Crippen LogP contribution in [0.4, 0.5) is 10.5 Å². The second-order valence-electron chi connectivity index (χ2n) is 8.91. The number of anilines is 1. The zero-order valence-electron chi connectivity index (χ0n) is 17.9. The van der Waals surface area contributed by atoms with Crippen LogP contribution in [-0.4, -0.2) is 60.7 Å². The molecule has 8 heteroatoms. The summed E-state index contributed by atoms with van der Waals surface area (Å²) >= 11 is 0. The molecule has 5 rings (SSSR count). The third kappa shape index (κ3) is 4.59. The highest BCUT2D eigenvalue weighted by Gasteiger charge is 2.27. The van der Waals surface area contributed by atoms with Crippen molar-refractivity contribution in [2.45, 2.75) is 38.1 Å². The van der Waals surface area contributed by atoms with Gasteiger partial charge in [0.1, 0.15) is 0 Å². The Morgan fingerprint density at radius 1 is 0.968 bits per heavy atom. The van der Waals surface area contributed by atoms with Crippen LogP contribution in [0.1, 0.15) is 38.1 Å². The van der Waals surface area contributed by atoms with Crippen LogP contribution in [0.3, 0.4) is 0 Å². The smallest absolute Gasteiger partial charge is 0.328 e. The van der Waals surface area contributed by atoms with E-state index in [1.807, 2.05) is 12.1 Å².